The van der Waals surface area contributed by atoms with Crippen LogP contribution in [0, 0.1) is 0 Å². The third-order valence-electron chi connectivity index (χ3n) is 3.92. The highest BCUT2D eigenvalue weighted by Crippen LogP contribution is 2.22. The predicted octanol–water partition coefficient (Wildman–Crippen LogP) is 2.95. The maximum absolute atomic E-state index is 12.4. The van der Waals surface area contributed by atoms with E-state index in [1.165, 1.54) is 16.9 Å². The van der Waals surface area contributed by atoms with Crippen molar-refractivity contribution in [2.45, 2.75) is 13.1 Å². The Bertz CT molecular complexity index is 530. The van der Waals surface area contributed by atoms with E-state index in [1.54, 1.807) is 11.3 Å². The lowest BCUT2D eigenvalue weighted by atomic mass is 10.3. The highest BCUT2D eigenvalue weighted by molar-refractivity contribution is 14.0. The zero-order chi connectivity index (χ0) is 18.3. The number of rotatable bonds is 6. The molecule has 0 radical (unpaired) electrons. The summed E-state index contributed by atoms with van der Waals surface area (Å²) < 4.78 is 37.1. The summed E-state index contributed by atoms with van der Waals surface area (Å²) in [7, 11) is 1.47. The van der Waals surface area contributed by atoms with Crippen LogP contribution in [0.15, 0.2) is 22.5 Å². The lowest BCUT2D eigenvalue weighted by Gasteiger charge is -2.37. The Labute approximate surface area is 174 Å². The number of thiophene rings is 1. The molecule has 0 atom stereocenters. The molecule has 1 aromatic rings. The van der Waals surface area contributed by atoms with Crippen molar-refractivity contribution in [3.8, 4) is 0 Å². The van der Waals surface area contributed by atoms with Gasteiger partial charge in [-0.05, 0) is 31.5 Å². The molecule has 2 rings (SSSR count). The average molecular weight is 505 g/mol. The zero-order valence-corrected chi connectivity index (χ0v) is 18.3. The van der Waals surface area contributed by atoms with Gasteiger partial charge in [0.2, 0.25) is 0 Å². The van der Waals surface area contributed by atoms with Crippen molar-refractivity contribution in [3.63, 3.8) is 0 Å². The van der Waals surface area contributed by atoms with Crippen LogP contribution in [0.1, 0.15) is 6.92 Å². The Morgan fingerprint density at radius 1 is 1.31 bits per heavy atom. The second kappa shape index (κ2) is 11.2. The minimum atomic E-state index is -4.17. The molecule has 2 heterocycles. The van der Waals surface area contributed by atoms with Gasteiger partial charge in [0.15, 0.2) is 5.96 Å². The molecule has 1 fully saturated rings. The molecular formula is C16H27F3IN5S. The van der Waals surface area contributed by atoms with Gasteiger partial charge in [-0.2, -0.15) is 13.2 Å². The molecule has 0 saturated carbocycles. The van der Waals surface area contributed by atoms with Crippen LogP contribution in [-0.2, 0) is 0 Å². The molecule has 1 saturated heterocycles. The van der Waals surface area contributed by atoms with Crippen LogP contribution >= 0.6 is 35.3 Å². The number of nitrogens with one attached hydrogen (secondary N) is 1. The number of aliphatic imine (C=N–C) groups is 1. The van der Waals surface area contributed by atoms with Crippen LogP contribution < -0.4 is 10.2 Å². The average Bonchev–Trinajstić information content (AvgIpc) is 3.07. The van der Waals surface area contributed by atoms with E-state index in [-0.39, 0.29) is 30.5 Å². The number of halogens is 4. The van der Waals surface area contributed by atoms with Crippen molar-refractivity contribution in [1.29, 1.82) is 0 Å². The summed E-state index contributed by atoms with van der Waals surface area (Å²) in [6.07, 6.45) is -4.17. The van der Waals surface area contributed by atoms with E-state index in [2.05, 4.69) is 37.6 Å². The maximum atomic E-state index is 12.4. The Morgan fingerprint density at radius 2 is 2.00 bits per heavy atom. The van der Waals surface area contributed by atoms with E-state index in [1.807, 2.05) is 6.92 Å². The Morgan fingerprint density at radius 3 is 2.54 bits per heavy atom. The smallest absolute Gasteiger partial charge is 0.360 e. The topological polar surface area (TPSA) is 34.1 Å². The number of nitrogens with zero attached hydrogens (tertiary/aromatic N) is 4. The van der Waals surface area contributed by atoms with Crippen LogP contribution in [0.25, 0.3) is 0 Å². The van der Waals surface area contributed by atoms with Crippen molar-refractivity contribution in [2.24, 2.45) is 4.99 Å². The standard InChI is InChI=1S/C16H26F3N5S.HI/c1-3-20-15(21-6-7-22(2)13-16(17,18)19)24-10-8-23(9-11-24)14-5-4-12-25-14;/h4-5,12H,3,6-11,13H2,1-2H3,(H,20,21);1H. The molecule has 0 amide bonds. The molecule has 26 heavy (non-hydrogen) atoms. The third-order valence-corrected chi connectivity index (χ3v) is 4.85. The molecule has 0 spiro atoms. The van der Waals surface area contributed by atoms with Crippen LogP contribution in [-0.4, -0.2) is 81.3 Å². The summed E-state index contributed by atoms with van der Waals surface area (Å²) in [5.74, 6) is 0.786. The lowest BCUT2D eigenvalue weighted by Crippen LogP contribution is -2.52. The number of hydrogen-bond donors (Lipinski definition) is 1. The first-order valence-corrected chi connectivity index (χ1v) is 9.34. The van der Waals surface area contributed by atoms with Gasteiger partial charge in [-0.15, -0.1) is 35.3 Å². The van der Waals surface area contributed by atoms with Gasteiger partial charge in [0, 0.05) is 39.3 Å². The van der Waals surface area contributed by atoms with Crippen molar-refractivity contribution >= 4 is 46.3 Å². The van der Waals surface area contributed by atoms with Crippen LogP contribution in [0.3, 0.4) is 0 Å². The first kappa shape index (κ1) is 23.3. The molecular weight excluding hydrogens is 478 g/mol. The number of hydrogen-bond acceptors (Lipinski definition) is 4. The maximum Gasteiger partial charge on any atom is 0.401 e. The molecule has 5 nitrogen and oxygen atoms in total. The number of alkyl halides is 3. The summed E-state index contributed by atoms with van der Waals surface area (Å²) in [6, 6.07) is 4.17. The Hall–Kier alpha value is -0.750. The van der Waals surface area contributed by atoms with Gasteiger partial charge in [0.1, 0.15) is 0 Å². The molecule has 0 aromatic carbocycles. The fourth-order valence-corrected chi connectivity index (χ4v) is 3.51. The first-order valence-electron chi connectivity index (χ1n) is 8.46. The van der Waals surface area contributed by atoms with Gasteiger partial charge in [0.05, 0.1) is 18.1 Å². The molecule has 1 aromatic heterocycles. The van der Waals surface area contributed by atoms with Crippen molar-refractivity contribution < 1.29 is 13.2 Å². The third kappa shape index (κ3) is 7.87. The first-order chi connectivity index (χ1) is 11.9. The molecule has 0 aliphatic carbocycles. The predicted molar refractivity (Wildman–Crippen MR) is 113 cm³/mol. The van der Waals surface area contributed by atoms with Crippen molar-refractivity contribution in [1.82, 2.24) is 15.1 Å². The van der Waals surface area contributed by atoms with Gasteiger partial charge in [-0.1, -0.05) is 0 Å². The van der Waals surface area contributed by atoms with Gasteiger partial charge in [0.25, 0.3) is 0 Å². The van der Waals surface area contributed by atoms with Crippen LogP contribution in [0.2, 0.25) is 0 Å². The van der Waals surface area contributed by atoms with Crippen LogP contribution in [0.4, 0.5) is 18.2 Å². The van der Waals surface area contributed by atoms with Gasteiger partial charge in [-0.25, -0.2) is 0 Å². The molecule has 1 N–H and O–H groups in total. The molecule has 10 heteroatoms. The quantitative estimate of drug-likeness (QED) is 0.367. The highest BCUT2D eigenvalue weighted by Gasteiger charge is 2.28. The number of likely N-dealkylation sites (N-methyl/N-ethyl adjacent to an activating group) is 1. The molecule has 1 aliphatic rings. The number of piperazine rings is 1. The fraction of sp³-hybridized carbons (Fsp3) is 0.688. The Balaban J connectivity index is 0.00000338. The second-order valence-electron chi connectivity index (χ2n) is 6.01. The normalized spacial score (nSPS) is 16.0. The van der Waals surface area contributed by atoms with Crippen molar-refractivity contribution in [2.75, 3.05) is 64.3 Å². The summed E-state index contributed by atoms with van der Waals surface area (Å²) in [6.45, 7) is 5.99. The monoisotopic (exact) mass is 505 g/mol. The molecule has 0 unspecified atom stereocenters. The van der Waals surface area contributed by atoms with Gasteiger partial charge < -0.3 is 15.1 Å². The summed E-state index contributed by atoms with van der Waals surface area (Å²) >= 11 is 1.73. The van der Waals surface area contributed by atoms with E-state index in [9.17, 15) is 13.2 Å². The van der Waals surface area contributed by atoms with Gasteiger partial charge >= 0.3 is 6.18 Å². The zero-order valence-electron chi connectivity index (χ0n) is 15.1. The van der Waals surface area contributed by atoms with E-state index < -0.39 is 12.7 Å². The van der Waals surface area contributed by atoms with Crippen molar-refractivity contribution in [3.05, 3.63) is 17.5 Å². The minimum absolute atomic E-state index is 0. The summed E-state index contributed by atoms with van der Waals surface area (Å²) in [5, 5.41) is 6.59. The second-order valence-corrected chi connectivity index (χ2v) is 6.94. The summed E-state index contributed by atoms with van der Waals surface area (Å²) in [5.41, 5.74) is 0. The highest BCUT2D eigenvalue weighted by atomic mass is 127. The lowest BCUT2D eigenvalue weighted by molar-refractivity contribution is -0.142. The van der Waals surface area contributed by atoms with E-state index >= 15 is 0 Å². The largest absolute Gasteiger partial charge is 0.401 e. The fourth-order valence-electron chi connectivity index (χ4n) is 2.73. The molecule has 0 bridgehead atoms. The Kier molecular flexibility index (Phi) is 10.0. The molecule has 150 valence electrons. The number of anilines is 1. The van der Waals surface area contributed by atoms with E-state index in [0.29, 0.717) is 6.54 Å². The van der Waals surface area contributed by atoms with E-state index in [0.717, 1.165) is 38.7 Å². The van der Waals surface area contributed by atoms with Crippen LogP contribution in [0.5, 0.6) is 0 Å². The number of guanidine groups is 1. The minimum Gasteiger partial charge on any atom is -0.360 e. The molecule has 1 aliphatic heterocycles. The van der Waals surface area contributed by atoms with E-state index in [4.69, 9.17) is 0 Å². The SMILES string of the molecule is CCNC(=NCCN(C)CC(F)(F)F)N1CCN(c2cccs2)CC1.I. The van der Waals surface area contributed by atoms with Gasteiger partial charge in [-0.3, -0.25) is 9.89 Å². The summed E-state index contributed by atoms with van der Waals surface area (Å²) in [4.78, 5) is 10.3.